The Kier molecular flexibility index (Phi) is 6.21. The molecule has 26 heavy (non-hydrogen) atoms. The number of aromatic nitrogens is 2. The minimum Gasteiger partial charge on any atom is -0.483 e. The zero-order valence-electron chi connectivity index (χ0n) is 15.4. The normalized spacial score (nSPS) is 17.9. The Morgan fingerprint density at radius 1 is 1.42 bits per heavy atom. The van der Waals surface area contributed by atoms with Gasteiger partial charge >= 0.3 is 0 Å². The Hall–Kier alpha value is -1.99. The molecule has 1 N–H and O–H groups in total. The van der Waals surface area contributed by atoms with Crippen LogP contribution in [0.2, 0.25) is 0 Å². The van der Waals surface area contributed by atoms with Gasteiger partial charge < -0.3 is 14.8 Å². The molecule has 0 saturated carbocycles. The number of benzene rings is 1. The third kappa shape index (κ3) is 4.80. The average Bonchev–Trinajstić information content (AvgIpc) is 3.29. The molecule has 1 aromatic heterocycles. The largest absolute Gasteiger partial charge is 0.483 e. The number of nitrogens with zero attached hydrogens (tertiary/aromatic N) is 2. The van der Waals surface area contributed by atoms with E-state index in [0.717, 1.165) is 42.2 Å². The van der Waals surface area contributed by atoms with Gasteiger partial charge in [0.25, 0.3) is 0 Å². The van der Waals surface area contributed by atoms with Gasteiger partial charge in [0, 0.05) is 13.0 Å². The number of amides is 1. The molecule has 1 aliphatic heterocycles. The molecule has 1 aromatic carbocycles. The van der Waals surface area contributed by atoms with Crippen molar-refractivity contribution in [3.05, 3.63) is 34.3 Å². The van der Waals surface area contributed by atoms with Gasteiger partial charge in [0.2, 0.25) is 11.0 Å². The standard InChI is InChI=1S/C19H25N3O3S/c1-12-6-4-8-16(13(12)2)25-14(3)18-21-22-19(26-18)20-17(23)10-9-15-7-5-11-24-15/h4,6,8,14-15H,5,7,9-11H2,1-3H3,(H,20,22,23)/t14-,15+/m1/s1. The first-order valence-electron chi connectivity index (χ1n) is 9.00. The van der Waals surface area contributed by atoms with Crippen LogP contribution < -0.4 is 10.1 Å². The van der Waals surface area contributed by atoms with Crippen molar-refractivity contribution in [2.45, 2.75) is 58.7 Å². The monoisotopic (exact) mass is 375 g/mol. The summed E-state index contributed by atoms with van der Waals surface area (Å²) in [5.41, 5.74) is 2.30. The van der Waals surface area contributed by atoms with E-state index in [-0.39, 0.29) is 18.1 Å². The van der Waals surface area contributed by atoms with E-state index in [1.807, 2.05) is 26.0 Å². The van der Waals surface area contributed by atoms with Crippen LogP contribution in [0.25, 0.3) is 0 Å². The number of hydrogen-bond donors (Lipinski definition) is 1. The van der Waals surface area contributed by atoms with Crippen molar-refractivity contribution in [1.29, 1.82) is 0 Å². The molecule has 6 nitrogen and oxygen atoms in total. The zero-order valence-corrected chi connectivity index (χ0v) is 16.3. The minimum absolute atomic E-state index is 0.0497. The van der Waals surface area contributed by atoms with E-state index in [4.69, 9.17) is 9.47 Å². The van der Waals surface area contributed by atoms with Crippen molar-refractivity contribution in [3.8, 4) is 5.75 Å². The van der Waals surface area contributed by atoms with E-state index >= 15 is 0 Å². The Bertz CT molecular complexity index is 756. The lowest BCUT2D eigenvalue weighted by Gasteiger charge is -2.15. The fraction of sp³-hybridized carbons (Fsp3) is 0.526. The highest BCUT2D eigenvalue weighted by molar-refractivity contribution is 7.15. The van der Waals surface area contributed by atoms with Crippen LogP contribution in [0.3, 0.4) is 0 Å². The lowest BCUT2D eigenvalue weighted by molar-refractivity contribution is -0.116. The quantitative estimate of drug-likeness (QED) is 0.785. The van der Waals surface area contributed by atoms with Crippen LogP contribution in [0.4, 0.5) is 5.13 Å². The van der Waals surface area contributed by atoms with Gasteiger partial charge in [-0.2, -0.15) is 0 Å². The molecule has 1 saturated heterocycles. The van der Waals surface area contributed by atoms with Crippen LogP contribution in [0.15, 0.2) is 18.2 Å². The van der Waals surface area contributed by atoms with Crippen molar-refractivity contribution < 1.29 is 14.3 Å². The van der Waals surface area contributed by atoms with E-state index in [0.29, 0.717) is 11.6 Å². The summed E-state index contributed by atoms with van der Waals surface area (Å²) < 4.78 is 11.6. The van der Waals surface area contributed by atoms with Crippen molar-refractivity contribution in [2.75, 3.05) is 11.9 Å². The number of carbonyl (C=O) groups is 1. The highest BCUT2D eigenvalue weighted by Gasteiger charge is 2.19. The molecule has 1 fully saturated rings. The lowest BCUT2D eigenvalue weighted by atomic mass is 10.1. The molecule has 2 aromatic rings. The second-order valence-corrected chi connectivity index (χ2v) is 7.63. The van der Waals surface area contributed by atoms with Crippen LogP contribution in [-0.4, -0.2) is 28.8 Å². The maximum absolute atomic E-state index is 12.1. The van der Waals surface area contributed by atoms with Crippen LogP contribution in [-0.2, 0) is 9.53 Å². The summed E-state index contributed by atoms with van der Waals surface area (Å²) in [5.74, 6) is 0.793. The molecule has 3 rings (SSSR count). The number of carbonyl (C=O) groups excluding carboxylic acids is 1. The highest BCUT2D eigenvalue weighted by atomic mass is 32.1. The van der Waals surface area contributed by atoms with Gasteiger partial charge in [-0.1, -0.05) is 23.5 Å². The minimum atomic E-state index is -0.231. The summed E-state index contributed by atoms with van der Waals surface area (Å²) in [6.07, 6.45) is 3.31. The van der Waals surface area contributed by atoms with E-state index in [2.05, 4.69) is 28.5 Å². The van der Waals surface area contributed by atoms with Gasteiger partial charge in [0.15, 0.2) is 5.01 Å². The van der Waals surface area contributed by atoms with Crippen molar-refractivity contribution >= 4 is 22.4 Å². The summed E-state index contributed by atoms with van der Waals surface area (Å²) >= 11 is 1.35. The molecule has 1 aliphatic rings. The van der Waals surface area contributed by atoms with Gasteiger partial charge in [0.05, 0.1) is 6.10 Å². The molecule has 7 heteroatoms. The van der Waals surface area contributed by atoms with E-state index in [1.54, 1.807) is 0 Å². The third-order valence-corrected chi connectivity index (χ3v) is 5.61. The number of aryl methyl sites for hydroxylation is 1. The Labute approximate surface area is 157 Å². The van der Waals surface area contributed by atoms with E-state index < -0.39 is 0 Å². The zero-order chi connectivity index (χ0) is 18.5. The smallest absolute Gasteiger partial charge is 0.226 e. The first-order valence-corrected chi connectivity index (χ1v) is 9.82. The summed E-state index contributed by atoms with van der Waals surface area (Å²) in [4.78, 5) is 12.1. The molecule has 140 valence electrons. The molecule has 0 radical (unpaired) electrons. The third-order valence-electron chi connectivity index (χ3n) is 4.61. The van der Waals surface area contributed by atoms with Gasteiger partial charge in [-0.25, -0.2) is 0 Å². The lowest BCUT2D eigenvalue weighted by Crippen LogP contribution is -2.15. The Balaban J connectivity index is 1.53. The molecule has 0 bridgehead atoms. The summed E-state index contributed by atoms with van der Waals surface area (Å²) in [7, 11) is 0. The molecular weight excluding hydrogens is 350 g/mol. The maximum atomic E-state index is 12.1. The van der Waals surface area contributed by atoms with E-state index in [9.17, 15) is 4.79 Å². The van der Waals surface area contributed by atoms with Gasteiger partial charge in [-0.3, -0.25) is 4.79 Å². The molecule has 0 unspecified atom stereocenters. The van der Waals surface area contributed by atoms with Crippen LogP contribution >= 0.6 is 11.3 Å². The molecule has 0 aliphatic carbocycles. The topological polar surface area (TPSA) is 73.3 Å². The van der Waals surface area contributed by atoms with Crippen LogP contribution in [0.5, 0.6) is 5.75 Å². The van der Waals surface area contributed by atoms with Crippen LogP contribution in [0.1, 0.15) is 54.8 Å². The van der Waals surface area contributed by atoms with Gasteiger partial charge in [-0.15, -0.1) is 10.2 Å². The predicted molar refractivity (Wildman–Crippen MR) is 102 cm³/mol. The number of rotatable bonds is 7. The van der Waals surface area contributed by atoms with Crippen molar-refractivity contribution in [2.24, 2.45) is 0 Å². The average molecular weight is 375 g/mol. The van der Waals surface area contributed by atoms with E-state index in [1.165, 1.54) is 16.9 Å². The number of nitrogens with one attached hydrogen (secondary N) is 1. The molecular formula is C19H25N3O3S. The summed E-state index contributed by atoms with van der Waals surface area (Å²) in [5, 5.41) is 12.3. The molecule has 2 heterocycles. The van der Waals surface area contributed by atoms with Crippen molar-refractivity contribution in [1.82, 2.24) is 10.2 Å². The fourth-order valence-electron chi connectivity index (χ4n) is 2.89. The molecule has 2 atom stereocenters. The molecule has 1 amide bonds. The van der Waals surface area contributed by atoms with Gasteiger partial charge in [0.1, 0.15) is 11.9 Å². The Morgan fingerprint density at radius 2 is 2.27 bits per heavy atom. The van der Waals surface area contributed by atoms with Crippen LogP contribution in [0, 0.1) is 13.8 Å². The number of ether oxygens (including phenoxy) is 2. The predicted octanol–water partition coefficient (Wildman–Crippen LogP) is 4.19. The highest BCUT2D eigenvalue weighted by Crippen LogP contribution is 2.29. The van der Waals surface area contributed by atoms with Crippen molar-refractivity contribution in [3.63, 3.8) is 0 Å². The van der Waals surface area contributed by atoms with Gasteiger partial charge in [-0.05, 0) is 57.2 Å². The summed E-state index contributed by atoms with van der Waals surface area (Å²) in [6, 6.07) is 5.99. The first-order chi connectivity index (χ1) is 12.5. The first kappa shape index (κ1) is 18.8. The second kappa shape index (κ2) is 8.60. The second-order valence-electron chi connectivity index (χ2n) is 6.63. The summed E-state index contributed by atoms with van der Waals surface area (Å²) in [6.45, 7) is 6.84. The fourth-order valence-corrected chi connectivity index (χ4v) is 3.63. The SMILES string of the molecule is Cc1cccc(O[C@H](C)c2nnc(NC(=O)CC[C@@H]3CCCO3)s2)c1C. The number of anilines is 1. The maximum Gasteiger partial charge on any atom is 0.226 e. The molecule has 0 spiro atoms. The number of hydrogen-bond acceptors (Lipinski definition) is 6. The Morgan fingerprint density at radius 3 is 3.04 bits per heavy atom.